The summed E-state index contributed by atoms with van der Waals surface area (Å²) < 4.78 is 0. The van der Waals surface area contributed by atoms with Crippen LogP contribution in [0, 0.1) is 13.8 Å². The van der Waals surface area contributed by atoms with E-state index in [1.165, 1.54) is 6.42 Å². The van der Waals surface area contributed by atoms with Crippen molar-refractivity contribution in [2.24, 2.45) is 5.73 Å². The lowest BCUT2D eigenvalue weighted by molar-refractivity contribution is -0.131. The molecule has 1 fully saturated rings. The van der Waals surface area contributed by atoms with Gasteiger partial charge in [0, 0.05) is 30.0 Å². The maximum Gasteiger partial charge on any atom is 0.320 e. The van der Waals surface area contributed by atoms with Crippen LogP contribution in [-0.4, -0.2) is 48.9 Å². The second-order valence-corrected chi connectivity index (χ2v) is 10.9. The molecule has 0 spiro atoms. The van der Waals surface area contributed by atoms with Crippen LogP contribution < -0.4 is 21.3 Å². The third-order valence-corrected chi connectivity index (χ3v) is 8.04. The fraction of sp³-hybridized carbons (Fsp3) is 0.344. The summed E-state index contributed by atoms with van der Waals surface area (Å²) in [5.74, 6) is -2.19. The van der Waals surface area contributed by atoms with Crippen LogP contribution in [0.2, 0.25) is 0 Å². The Morgan fingerprint density at radius 2 is 1.50 bits per heavy atom. The molecule has 0 bridgehead atoms. The van der Waals surface area contributed by atoms with E-state index < -0.39 is 23.4 Å². The predicted molar refractivity (Wildman–Crippen MR) is 157 cm³/mol. The molecule has 2 atom stereocenters. The number of urea groups is 1. The highest BCUT2D eigenvalue weighted by Crippen LogP contribution is 2.48. The molecule has 5 rings (SSSR count). The second-order valence-electron chi connectivity index (χ2n) is 10.9. The van der Waals surface area contributed by atoms with Gasteiger partial charge in [0.15, 0.2) is 5.54 Å². The molecule has 2 aliphatic heterocycles. The zero-order chi connectivity index (χ0) is 28.3. The van der Waals surface area contributed by atoms with E-state index in [-0.39, 0.29) is 5.91 Å². The van der Waals surface area contributed by atoms with Crippen LogP contribution in [0.25, 0.3) is 0 Å². The number of primary amides is 1. The highest BCUT2D eigenvalue weighted by molar-refractivity contribution is 6.13. The van der Waals surface area contributed by atoms with Crippen molar-refractivity contribution in [3.63, 3.8) is 0 Å². The third-order valence-electron chi connectivity index (χ3n) is 8.04. The van der Waals surface area contributed by atoms with Crippen molar-refractivity contribution in [3.8, 4) is 0 Å². The third kappa shape index (κ3) is 5.31. The van der Waals surface area contributed by atoms with Crippen molar-refractivity contribution >= 4 is 29.2 Å². The van der Waals surface area contributed by atoms with Crippen LogP contribution in [0.1, 0.15) is 47.4 Å². The molecule has 40 heavy (non-hydrogen) atoms. The Morgan fingerprint density at radius 3 is 2.15 bits per heavy atom. The SMILES string of the molecule is Cc1ccc(NC(=O)NC2(C(C(N)=O)c3ccc(C)cc3)C(=O)N(CCN3CCCCC3)c3ccccc32)cc1. The first-order valence-corrected chi connectivity index (χ1v) is 13.9. The smallest absolute Gasteiger partial charge is 0.320 e. The molecule has 208 valence electrons. The molecule has 4 amide bonds. The van der Waals surface area contributed by atoms with E-state index in [4.69, 9.17) is 5.73 Å². The van der Waals surface area contributed by atoms with E-state index in [1.807, 2.05) is 62.4 Å². The number of carbonyl (C=O) groups is 3. The molecule has 2 heterocycles. The Balaban J connectivity index is 1.57. The van der Waals surface area contributed by atoms with E-state index in [0.29, 0.717) is 35.6 Å². The lowest BCUT2D eigenvalue weighted by atomic mass is 9.74. The number of benzene rings is 3. The van der Waals surface area contributed by atoms with Gasteiger partial charge in [-0.1, -0.05) is 72.1 Å². The molecule has 8 heteroatoms. The zero-order valence-corrected chi connectivity index (χ0v) is 23.2. The van der Waals surface area contributed by atoms with Gasteiger partial charge in [-0.15, -0.1) is 0 Å². The summed E-state index contributed by atoms with van der Waals surface area (Å²) in [6, 6.07) is 21.5. The number of anilines is 2. The Bertz CT molecular complexity index is 1380. The summed E-state index contributed by atoms with van der Waals surface area (Å²) in [4.78, 5) is 45.6. The summed E-state index contributed by atoms with van der Waals surface area (Å²) in [5.41, 5.74) is 8.79. The average molecular weight is 540 g/mol. The molecule has 0 aliphatic carbocycles. The molecular weight excluding hydrogens is 502 g/mol. The highest BCUT2D eigenvalue weighted by atomic mass is 16.2. The maximum atomic E-state index is 14.6. The summed E-state index contributed by atoms with van der Waals surface area (Å²) in [7, 11) is 0. The van der Waals surface area contributed by atoms with Gasteiger partial charge in [0.05, 0.1) is 5.92 Å². The molecule has 0 saturated carbocycles. The van der Waals surface area contributed by atoms with Crippen LogP contribution in [0.5, 0.6) is 0 Å². The van der Waals surface area contributed by atoms with E-state index in [1.54, 1.807) is 29.2 Å². The van der Waals surface area contributed by atoms with Crippen LogP contribution in [0.4, 0.5) is 16.2 Å². The first-order chi connectivity index (χ1) is 19.3. The van der Waals surface area contributed by atoms with Crippen molar-refractivity contribution in [2.45, 2.75) is 44.6 Å². The number of rotatable bonds is 8. The number of carbonyl (C=O) groups excluding carboxylic acids is 3. The first-order valence-electron chi connectivity index (χ1n) is 13.9. The largest absolute Gasteiger partial charge is 0.369 e. The van der Waals surface area contributed by atoms with Crippen LogP contribution in [0.3, 0.4) is 0 Å². The molecule has 1 saturated heterocycles. The van der Waals surface area contributed by atoms with Crippen molar-refractivity contribution < 1.29 is 14.4 Å². The fourth-order valence-corrected chi connectivity index (χ4v) is 5.96. The number of hydrogen-bond acceptors (Lipinski definition) is 4. The molecule has 8 nitrogen and oxygen atoms in total. The molecule has 2 aliphatic rings. The normalized spacial score (nSPS) is 19.6. The number of fused-ring (bicyclic) bond motifs is 1. The van der Waals surface area contributed by atoms with Crippen LogP contribution in [-0.2, 0) is 15.1 Å². The second kappa shape index (κ2) is 11.5. The van der Waals surface area contributed by atoms with E-state index >= 15 is 0 Å². The van der Waals surface area contributed by atoms with Gasteiger partial charge < -0.3 is 26.2 Å². The average Bonchev–Trinajstić information content (AvgIpc) is 3.17. The fourth-order valence-electron chi connectivity index (χ4n) is 5.96. The molecule has 3 aromatic carbocycles. The lowest BCUT2D eigenvalue weighted by Crippen LogP contribution is -2.60. The summed E-state index contributed by atoms with van der Waals surface area (Å²) in [5, 5.41) is 5.81. The monoisotopic (exact) mass is 539 g/mol. The minimum atomic E-state index is -1.73. The zero-order valence-electron chi connectivity index (χ0n) is 23.2. The van der Waals surface area contributed by atoms with Gasteiger partial charge in [0.25, 0.3) is 5.91 Å². The van der Waals surface area contributed by atoms with Gasteiger partial charge in [0.1, 0.15) is 0 Å². The quantitative estimate of drug-likeness (QED) is 0.394. The summed E-state index contributed by atoms with van der Waals surface area (Å²) in [6.07, 6.45) is 3.51. The van der Waals surface area contributed by atoms with Gasteiger partial charge in [-0.3, -0.25) is 9.59 Å². The van der Waals surface area contributed by atoms with Crippen molar-refractivity contribution in [1.29, 1.82) is 0 Å². The maximum absolute atomic E-state index is 14.6. The summed E-state index contributed by atoms with van der Waals surface area (Å²) >= 11 is 0. The Kier molecular flexibility index (Phi) is 7.89. The molecule has 3 aromatic rings. The standard InChI is InChI=1S/C32H37N5O3/c1-22-10-14-24(15-11-22)28(29(33)38)32(35-31(40)34-25-16-12-23(2)13-17-25)26-8-4-5-9-27(26)37(30(32)39)21-20-36-18-6-3-7-19-36/h4-5,8-17,28H,3,6-7,18-21H2,1-2H3,(H2,33,38)(H2,34,35,40). The molecule has 0 aromatic heterocycles. The van der Waals surface area contributed by atoms with Gasteiger partial charge in [0.2, 0.25) is 5.91 Å². The number of likely N-dealkylation sites (tertiary alicyclic amines) is 1. The number of nitrogens with zero attached hydrogens (tertiary/aromatic N) is 2. The van der Waals surface area contributed by atoms with Crippen molar-refractivity contribution in [2.75, 3.05) is 36.4 Å². The number of aryl methyl sites for hydroxylation is 2. The lowest BCUT2D eigenvalue weighted by Gasteiger charge is -2.36. The Morgan fingerprint density at radius 1 is 0.875 bits per heavy atom. The van der Waals surface area contributed by atoms with Crippen molar-refractivity contribution in [3.05, 3.63) is 95.1 Å². The van der Waals surface area contributed by atoms with Gasteiger partial charge >= 0.3 is 6.03 Å². The number of piperidine rings is 1. The number of hydrogen-bond donors (Lipinski definition) is 3. The number of para-hydroxylation sites is 1. The highest BCUT2D eigenvalue weighted by Gasteiger charge is 2.59. The summed E-state index contributed by atoms with van der Waals surface area (Å²) in [6.45, 7) is 7.06. The van der Waals surface area contributed by atoms with Gasteiger partial charge in [-0.25, -0.2) is 4.79 Å². The minimum Gasteiger partial charge on any atom is -0.369 e. The number of nitrogens with two attached hydrogens (primary N) is 1. The van der Waals surface area contributed by atoms with Crippen molar-refractivity contribution in [1.82, 2.24) is 10.2 Å². The first kappa shape index (κ1) is 27.4. The topological polar surface area (TPSA) is 108 Å². The van der Waals surface area contributed by atoms with Gasteiger partial charge in [-0.2, -0.15) is 0 Å². The Hall–Kier alpha value is -4.17. The van der Waals surface area contributed by atoms with Crippen LogP contribution >= 0.6 is 0 Å². The van der Waals surface area contributed by atoms with Crippen LogP contribution in [0.15, 0.2) is 72.8 Å². The predicted octanol–water partition coefficient (Wildman–Crippen LogP) is 4.42. The van der Waals surface area contributed by atoms with Gasteiger partial charge in [-0.05, 0) is 63.5 Å². The molecule has 4 N–H and O–H groups in total. The number of amides is 4. The Labute approximate surface area is 235 Å². The molecular formula is C32H37N5O3. The van der Waals surface area contributed by atoms with E-state index in [0.717, 1.165) is 37.1 Å². The minimum absolute atomic E-state index is 0.367. The van der Waals surface area contributed by atoms with E-state index in [2.05, 4.69) is 15.5 Å². The molecule has 0 radical (unpaired) electrons. The number of nitrogens with one attached hydrogen (secondary N) is 2. The van der Waals surface area contributed by atoms with E-state index in [9.17, 15) is 14.4 Å². The molecule has 2 unspecified atom stereocenters.